The molecule has 1 aliphatic heterocycles. The lowest BCUT2D eigenvalue weighted by molar-refractivity contribution is -0.135. The zero-order chi connectivity index (χ0) is 17.5. The van der Waals surface area contributed by atoms with Gasteiger partial charge >= 0.3 is 0 Å². The van der Waals surface area contributed by atoms with Gasteiger partial charge in [0.2, 0.25) is 11.8 Å². The minimum Gasteiger partial charge on any atom is -0.340 e. The maximum absolute atomic E-state index is 12.4. The highest BCUT2D eigenvalue weighted by molar-refractivity contribution is 5.78. The van der Waals surface area contributed by atoms with Crippen molar-refractivity contribution in [2.45, 2.75) is 33.7 Å². The fourth-order valence-electron chi connectivity index (χ4n) is 3.08. The monoisotopic (exact) mass is 331 g/mol. The minimum atomic E-state index is 0.0140. The molecule has 0 aromatic heterocycles. The summed E-state index contributed by atoms with van der Waals surface area (Å²) in [5.41, 5.74) is 2.29. The first-order valence-electron chi connectivity index (χ1n) is 8.80. The maximum Gasteiger partial charge on any atom is 0.224 e. The van der Waals surface area contributed by atoms with Crippen LogP contribution in [-0.4, -0.2) is 65.8 Å². The molecule has 2 rings (SSSR count). The van der Waals surface area contributed by atoms with Gasteiger partial charge < -0.3 is 14.7 Å². The Morgan fingerprint density at radius 2 is 1.88 bits per heavy atom. The Kier molecular flexibility index (Phi) is 6.79. The molecule has 0 aliphatic carbocycles. The van der Waals surface area contributed by atoms with Crippen LogP contribution in [0.4, 0.5) is 0 Å². The second-order valence-electron chi connectivity index (χ2n) is 6.49. The Morgan fingerprint density at radius 3 is 2.46 bits per heavy atom. The number of hydrogen-bond donors (Lipinski definition) is 0. The second kappa shape index (κ2) is 8.83. The molecule has 0 spiro atoms. The number of aryl methyl sites for hydroxylation is 1. The van der Waals surface area contributed by atoms with Gasteiger partial charge in [0.25, 0.3) is 0 Å². The van der Waals surface area contributed by atoms with E-state index in [-0.39, 0.29) is 11.8 Å². The van der Waals surface area contributed by atoms with Crippen molar-refractivity contribution < 1.29 is 9.59 Å². The molecule has 5 heteroatoms. The zero-order valence-corrected chi connectivity index (χ0v) is 15.1. The van der Waals surface area contributed by atoms with Crippen LogP contribution in [0.3, 0.4) is 0 Å². The van der Waals surface area contributed by atoms with E-state index in [1.807, 2.05) is 30.0 Å². The SMILES string of the molecule is CCN1CCN(C(=O)CCN(Cc2cccc(C)c2)C(C)=O)CC1. The molecule has 0 unspecified atom stereocenters. The number of likely N-dealkylation sites (N-methyl/N-ethyl adjacent to an activating group) is 1. The summed E-state index contributed by atoms with van der Waals surface area (Å²) in [6.07, 6.45) is 0.400. The quantitative estimate of drug-likeness (QED) is 0.800. The Bertz CT molecular complexity index is 565. The summed E-state index contributed by atoms with van der Waals surface area (Å²) >= 11 is 0. The number of rotatable bonds is 6. The number of carbonyl (C=O) groups is 2. The molecule has 1 heterocycles. The molecular weight excluding hydrogens is 302 g/mol. The van der Waals surface area contributed by atoms with Crippen molar-refractivity contribution in [3.05, 3.63) is 35.4 Å². The van der Waals surface area contributed by atoms with E-state index in [0.717, 1.165) is 38.3 Å². The Labute approximate surface area is 145 Å². The highest BCUT2D eigenvalue weighted by Crippen LogP contribution is 2.10. The summed E-state index contributed by atoms with van der Waals surface area (Å²) in [4.78, 5) is 30.3. The van der Waals surface area contributed by atoms with Crippen LogP contribution >= 0.6 is 0 Å². The van der Waals surface area contributed by atoms with E-state index >= 15 is 0 Å². The van der Waals surface area contributed by atoms with Crippen LogP contribution in [0.5, 0.6) is 0 Å². The van der Waals surface area contributed by atoms with E-state index in [4.69, 9.17) is 0 Å². The lowest BCUT2D eigenvalue weighted by atomic mass is 10.1. The average molecular weight is 331 g/mol. The van der Waals surface area contributed by atoms with Crippen molar-refractivity contribution in [1.29, 1.82) is 0 Å². The first-order chi connectivity index (χ1) is 11.5. The van der Waals surface area contributed by atoms with Crippen molar-refractivity contribution in [3.63, 3.8) is 0 Å². The highest BCUT2D eigenvalue weighted by atomic mass is 16.2. The summed E-state index contributed by atoms with van der Waals surface area (Å²) in [5, 5.41) is 0. The molecule has 5 nitrogen and oxygen atoms in total. The molecule has 0 N–H and O–H groups in total. The van der Waals surface area contributed by atoms with Crippen LogP contribution in [0.2, 0.25) is 0 Å². The molecule has 1 fully saturated rings. The molecule has 2 amide bonds. The zero-order valence-electron chi connectivity index (χ0n) is 15.1. The molecule has 1 aromatic carbocycles. The molecule has 1 aromatic rings. The summed E-state index contributed by atoms with van der Waals surface area (Å²) < 4.78 is 0. The van der Waals surface area contributed by atoms with Crippen LogP contribution in [0.15, 0.2) is 24.3 Å². The first kappa shape index (κ1) is 18.5. The number of benzene rings is 1. The molecule has 24 heavy (non-hydrogen) atoms. The number of amides is 2. The molecule has 0 atom stereocenters. The van der Waals surface area contributed by atoms with Gasteiger partial charge in [-0.1, -0.05) is 36.8 Å². The minimum absolute atomic E-state index is 0.0140. The third-order valence-corrected chi connectivity index (χ3v) is 4.67. The molecule has 1 aliphatic rings. The predicted molar refractivity (Wildman–Crippen MR) is 95.6 cm³/mol. The average Bonchev–Trinajstić information content (AvgIpc) is 2.58. The molecule has 0 saturated carbocycles. The van der Waals surface area contributed by atoms with Crippen molar-refractivity contribution in [3.8, 4) is 0 Å². The van der Waals surface area contributed by atoms with Crippen molar-refractivity contribution in [2.75, 3.05) is 39.3 Å². The van der Waals surface area contributed by atoms with Crippen LogP contribution < -0.4 is 0 Å². The topological polar surface area (TPSA) is 43.9 Å². The van der Waals surface area contributed by atoms with Crippen LogP contribution in [0, 0.1) is 6.92 Å². The van der Waals surface area contributed by atoms with Crippen LogP contribution in [-0.2, 0) is 16.1 Å². The van der Waals surface area contributed by atoms with Crippen molar-refractivity contribution >= 4 is 11.8 Å². The van der Waals surface area contributed by atoms with Crippen LogP contribution in [0.1, 0.15) is 31.4 Å². The lowest BCUT2D eigenvalue weighted by Crippen LogP contribution is -2.49. The third-order valence-electron chi connectivity index (χ3n) is 4.67. The van der Waals surface area contributed by atoms with Gasteiger partial charge in [-0.3, -0.25) is 9.59 Å². The lowest BCUT2D eigenvalue weighted by Gasteiger charge is -2.34. The van der Waals surface area contributed by atoms with Crippen molar-refractivity contribution in [2.24, 2.45) is 0 Å². The van der Waals surface area contributed by atoms with Gasteiger partial charge in [-0.15, -0.1) is 0 Å². The van der Waals surface area contributed by atoms with Gasteiger partial charge in [-0.2, -0.15) is 0 Å². The normalized spacial score (nSPS) is 15.4. The van der Waals surface area contributed by atoms with E-state index in [1.165, 1.54) is 5.56 Å². The summed E-state index contributed by atoms with van der Waals surface area (Å²) in [7, 11) is 0. The number of carbonyl (C=O) groups excluding carboxylic acids is 2. The van der Waals surface area contributed by atoms with Gasteiger partial charge in [-0.25, -0.2) is 0 Å². The fraction of sp³-hybridized carbons (Fsp3) is 0.579. The standard InChI is InChI=1S/C19H29N3O2/c1-4-20-10-12-21(13-11-20)19(24)8-9-22(17(3)23)15-18-7-5-6-16(2)14-18/h5-7,14H,4,8-13,15H2,1-3H3. The van der Waals surface area contributed by atoms with Gasteiger partial charge in [0.05, 0.1) is 0 Å². The van der Waals surface area contributed by atoms with Crippen LogP contribution in [0.25, 0.3) is 0 Å². The molecule has 0 bridgehead atoms. The number of piperazine rings is 1. The van der Waals surface area contributed by atoms with Crippen molar-refractivity contribution in [1.82, 2.24) is 14.7 Å². The molecule has 0 radical (unpaired) electrons. The highest BCUT2D eigenvalue weighted by Gasteiger charge is 2.21. The number of nitrogens with zero attached hydrogens (tertiary/aromatic N) is 3. The largest absolute Gasteiger partial charge is 0.340 e. The van der Waals surface area contributed by atoms with E-state index in [0.29, 0.717) is 19.5 Å². The van der Waals surface area contributed by atoms with E-state index in [1.54, 1.807) is 11.8 Å². The van der Waals surface area contributed by atoms with Gasteiger partial charge in [-0.05, 0) is 19.0 Å². The maximum atomic E-state index is 12.4. The number of hydrogen-bond acceptors (Lipinski definition) is 3. The molecule has 1 saturated heterocycles. The predicted octanol–water partition coefficient (Wildman–Crippen LogP) is 1.90. The smallest absolute Gasteiger partial charge is 0.224 e. The van der Waals surface area contributed by atoms with E-state index in [2.05, 4.69) is 17.9 Å². The first-order valence-corrected chi connectivity index (χ1v) is 8.80. The molecule has 132 valence electrons. The Hall–Kier alpha value is -1.88. The van der Waals surface area contributed by atoms with E-state index in [9.17, 15) is 9.59 Å². The van der Waals surface area contributed by atoms with Gasteiger partial charge in [0.15, 0.2) is 0 Å². The van der Waals surface area contributed by atoms with Gasteiger partial charge in [0.1, 0.15) is 0 Å². The van der Waals surface area contributed by atoms with Gasteiger partial charge in [0, 0.05) is 52.6 Å². The summed E-state index contributed by atoms with van der Waals surface area (Å²) in [6, 6.07) is 8.15. The third kappa shape index (κ3) is 5.34. The summed E-state index contributed by atoms with van der Waals surface area (Å²) in [5.74, 6) is 0.168. The Morgan fingerprint density at radius 1 is 1.17 bits per heavy atom. The molecular formula is C19H29N3O2. The Balaban J connectivity index is 1.85. The van der Waals surface area contributed by atoms with E-state index < -0.39 is 0 Å². The second-order valence-corrected chi connectivity index (χ2v) is 6.49. The fourth-order valence-corrected chi connectivity index (χ4v) is 3.08. The summed E-state index contributed by atoms with van der Waals surface area (Å²) in [6.45, 7) is 11.3.